The number of nitrogens with zero attached hydrogens (tertiary/aromatic N) is 2. The number of ether oxygens (including phenoxy) is 1. The summed E-state index contributed by atoms with van der Waals surface area (Å²) in [5.41, 5.74) is 4.67. The maximum atomic E-state index is 12.8. The van der Waals surface area contributed by atoms with Crippen LogP contribution in [0.3, 0.4) is 0 Å². The Kier molecular flexibility index (Phi) is 6.98. The third kappa shape index (κ3) is 5.23. The molecule has 1 heterocycles. The summed E-state index contributed by atoms with van der Waals surface area (Å²) in [6.45, 7) is 4.59. The molecule has 0 aliphatic carbocycles. The highest BCUT2D eigenvalue weighted by atomic mass is 35.5. The zero-order valence-electron chi connectivity index (χ0n) is 17.9. The standard InChI is InChI=1S/C26H23ClN2O2S/c1-3-31-23-13-7-19(8-14-23)25(30)17-32-26-28-24(20-6-4-5-18(2)15-20)16-29(26)22-11-9-21(27)10-12-22/h4-16H,3,17H2,1-2H3. The lowest BCUT2D eigenvalue weighted by Gasteiger charge is -2.08. The van der Waals surface area contributed by atoms with Crippen molar-refractivity contribution in [2.45, 2.75) is 19.0 Å². The Hall–Kier alpha value is -3.02. The van der Waals surface area contributed by atoms with E-state index in [-0.39, 0.29) is 11.5 Å². The van der Waals surface area contributed by atoms with Crippen molar-refractivity contribution in [2.75, 3.05) is 12.4 Å². The number of ketones is 1. The van der Waals surface area contributed by atoms with Gasteiger partial charge in [0.1, 0.15) is 5.75 Å². The number of imidazole rings is 1. The number of carbonyl (C=O) groups excluding carboxylic acids is 1. The maximum Gasteiger partial charge on any atom is 0.173 e. The summed E-state index contributed by atoms with van der Waals surface area (Å²) in [4.78, 5) is 17.6. The summed E-state index contributed by atoms with van der Waals surface area (Å²) in [6.07, 6.45) is 2.00. The Labute approximate surface area is 197 Å². The van der Waals surface area contributed by atoms with Gasteiger partial charge in [0.2, 0.25) is 0 Å². The van der Waals surface area contributed by atoms with E-state index in [0.29, 0.717) is 17.2 Å². The molecule has 0 bridgehead atoms. The van der Waals surface area contributed by atoms with Crippen molar-refractivity contribution in [3.05, 3.63) is 95.1 Å². The monoisotopic (exact) mass is 462 g/mol. The highest BCUT2D eigenvalue weighted by Gasteiger charge is 2.15. The first-order chi connectivity index (χ1) is 15.5. The van der Waals surface area contributed by atoms with E-state index in [2.05, 4.69) is 19.1 Å². The zero-order chi connectivity index (χ0) is 22.5. The van der Waals surface area contributed by atoms with E-state index < -0.39 is 0 Å². The third-order valence-electron chi connectivity index (χ3n) is 4.91. The first kappa shape index (κ1) is 22.2. The van der Waals surface area contributed by atoms with E-state index in [1.54, 1.807) is 12.1 Å². The van der Waals surface area contributed by atoms with Crippen molar-refractivity contribution in [1.29, 1.82) is 0 Å². The van der Waals surface area contributed by atoms with Gasteiger partial charge in [0.15, 0.2) is 10.9 Å². The number of Topliss-reactive ketones (excluding diaryl/α,β-unsaturated/α-hetero) is 1. The van der Waals surface area contributed by atoms with Crippen LogP contribution in [0, 0.1) is 6.92 Å². The van der Waals surface area contributed by atoms with Gasteiger partial charge in [0.25, 0.3) is 0 Å². The lowest BCUT2D eigenvalue weighted by Crippen LogP contribution is -2.04. The van der Waals surface area contributed by atoms with Gasteiger partial charge in [-0.3, -0.25) is 9.36 Å². The largest absolute Gasteiger partial charge is 0.494 e. The number of benzene rings is 3. The fraction of sp³-hybridized carbons (Fsp3) is 0.154. The molecule has 0 fully saturated rings. The predicted octanol–water partition coefficient (Wildman–Crippen LogP) is 6.87. The Balaban J connectivity index is 1.60. The molecule has 0 saturated heterocycles. The second kappa shape index (κ2) is 10.1. The van der Waals surface area contributed by atoms with Crippen LogP contribution in [0.4, 0.5) is 0 Å². The zero-order valence-corrected chi connectivity index (χ0v) is 19.5. The number of hydrogen-bond acceptors (Lipinski definition) is 4. The van der Waals surface area contributed by atoms with Crippen LogP contribution in [0.5, 0.6) is 5.75 Å². The molecule has 6 heteroatoms. The summed E-state index contributed by atoms with van der Waals surface area (Å²) >= 11 is 7.50. The van der Waals surface area contributed by atoms with Crippen molar-refractivity contribution < 1.29 is 9.53 Å². The highest BCUT2D eigenvalue weighted by molar-refractivity contribution is 7.99. The molecule has 0 N–H and O–H groups in total. The van der Waals surface area contributed by atoms with E-state index >= 15 is 0 Å². The molecule has 4 aromatic rings. The molecule has 0 aliphatic rings. The first-order valence-corrected chi connectivity index (χ1v) is 11.7. The average molecular weight is 463 g/mol. The molecule has 0 spiro atoms. The molecule has 162 valence electrons. The Morgan fingerprint density at radius 3 is 2.50 bits per heavy atom. The topological polar surface area (TPSA) is 44.1 Å². The summed E-state index contributed by atoms with van der Waals surface area (Å²) in [5, 5.41) is 1.43. The van der Waals surface area contributed by atoms with Gasteiger partial charge in [0, 0.05) is 28.0 Å². The van der Waals surface area contributed by atoms with Gasteiger partial charge in [-0.2, -0.15) is 0 Å². The molecule has 0 saturated carbocycles. The molecular weight excluding hydrogens is 440 g/mol. The number of thioether (sulfide) groups is 1. The van der Waals surface area contributed by atoms with E-state index in [9.17, 15) is 4.79 Å². The first-order valence-electron chi connectivity index (χ1n) is 10.3. The van der Waals surface area contributed by atoms with Gasteiger partial charge < -0.3 is 4.74 Å². The number of halogens is 1. The number of carbonyl (C=O) groups is 1. The predicted molar refractivity (Wildman–Crippen MR) is 131 cm³/mol. The van der Waals surface area contributed by atoms with Crippen LogP contribution < -0.4 is 4.74 Å². The molecule has 3 aromatic carbocycles. The second-order valence-corrected chi connectivity index (χ2v) is 8.67. The van der Waals surface area contributed by atoms with Crippen LogP contribution >= 0.6 is 23.4 Å². The Morgan fingerprint density at radius 2 is 1.81 bits per heavy atom. The molecule has 0 unspecified atom stereocenters. The number of rotatable bonds is 8. The quantitative estimate of drug-likeness (QED) is 0.211. The second-order valence-electron chi connectivity index (χ2n) is 7.29. The van der Waals surface area contributed by atoms with Gasteiger partial charge >= 0.3 is 0 Å². The van der Waals surface area contributed by atoms with Crippen molar-refractivity contribution in [2.24, 2.45) is 0 Å². The normalized spacial score (nSPS) is 10.8. The average Bonchev–Trinajstić information content (AvgIpc) is 3.23. The Morgan fingerprint density at radius 1 is 1.06 bits per heavy atom. The van der Waals surface area contributed by atoms with E-state index in [0.717, 1.165) is 27.9 Å². The van der Waals surface area contributed by atoms with Crippen molar-refractivity contribution >= 4 is 29.1 Å². The molecular formula is C26H23ClN2O2S. The maximum absolute atomic E-state index is 12.8. The Bertz CT molecular complexity index is 1220. The minimum atomic E-state index is 0.0424. The van der Waals surface area contributed by atoms with E-state index in [1.165, 1.54) is 17.3 Å². The SMILES string of the molecule is CCOc1ccc(C(=O)CSc2nc(-c3cccc(C)c3)cn2-c2ccc(Cl)cc2)cc1. The van der Waals surface area contributed by atoms with Gasteiger partial charge in [0.05, 0.1) is 18.1 Å². The van der Waals surface area contributed by atoms with Crippen molar-refractivity contribution in [3.63, 3.8) is 0 Å². The summed E-state index contributed by atoms with van der Waals surface area (Å²) in [5.74, 6) is 1.09. The molecule has 0 radical (unpaired) electrons. The molecule has 0 amide bonds. The van der Waals surface area contributed by atoms with Crippen LogP contribution in [-0.2, 0) is 0 Å². The lowest BCUT2D eigenvalue weighted by atomic mass is 10.1. The van der Waals surface area contributed by atoms with Crippen LogP contribution in [0.15, 0.2) is 84.1 Å². The van der Waals surface area contributed by atoms with E-state index in [1.807, 2.05) is 66.2 Å². The molecule has 4 rings (SSSR count). The third-order valence-corrected chi connectivity index (χ3v) is 6.12. The summed E-state index contributed by atoms with van der Waals surface area (Å²) in [7, 11) is 0. The van der Waals surface area contributed by atoms with Crippen LogP contribution in [0.1, 0.15) is 22.8 Å². The van der Waals surface area contributed by atoms with Crippen LogP contribution in [-0.4, -0.2) is 27.7 Å². The lowest BCUT2D eigenvalue weighted by molar-refractivity contribution is 0.102. The van der Waals surface area contributed by atoms with Gasteiger partial charge in [-0.1, -0.05) is 47.1 Å². The molecule has 0 atom stereocenters. The number of hydrogen-bond donors (Lipinski definition) is 0. The minimum absolute atomic E-state index is 0.0424. The number of aromatic nitrogens is 2. The van der Waals surface area contributed by atoms with Gasteiger partial charge in [-0.05, 0) is 68.4 Å². The van der Waals surface area contributed by atoms with Crippen LogP contribution in [0.2, 0.25) is 5.02 Å². The van der Waals surface area contributed by atoms with Crippen molar-refractivity contribution in [3.8, 4) is 22.7 Å². The fourth-order valence-corrected chi connectivity index (χ4v) is 4.33. The highest BCUT2D eigenvalue weighted by Crippen LogP contribution is 2.29. The number of aryl methyl sites for hydroxylation is 1. The molecule has 32 heavy (non-hydrogen) atoms. The minimum Gasteiger partial charge on any atom is -0.494 e. The van der Waals surface area contributed by atoms with Crippen molar-refractivity contribution in [1.82, 2.24) is 9.55 Å². The summed E-state index contributed by atoms with van der Waals surface area (Å²) in [6, 6.07) is 23.1. The van der Waals surface area contributed by atoms with Gasteiger partial charge in [-0.25, -0.2) is 4.98 Å². The van der Waals surface area contributed by atoms with Crippen LogP contribution in [0.25, 0.3) is 16.9 Å². The molecule has 4 nitrogen and oxygen atoms in total. The smallest absolute Gasteiger partial charge is 0.173 e. The summed E-state index contributed by atoms with van der Waals surface area (Å²) < 4.78 is 7.46. The molecule has 0 aliphatic heterocycles. The fourth-order valence-electron chi connectivity index (χ4n) is 3.31. The van der Waals surface area contributed by atoms with E-state index in [4.69, 9.17) is 21.3 Å². The molecule has 1 aromatic heterocycles. The van der Waals surface area contributed by atoms with Gasteiger partial charge in [-0.15, -0.1) is 0 Å².